The van der Waals surface area contributed by atoms with E-state index < -0.39 is 0 Å². The topological polar surface area (TPSA) is 70.5 Å². The van der Waals surface area contributed by atoms with Gasteiger partial charge in [-0.15, -0.1) is 0 Å². The average molecular weight is 444 g/mol. The number of hydrogen-bond donors (Lipinski definition) is 1. The predicted molar refractivity (Wildman–Crippen MR) is 123 cm³/mol. The van der Waals surface area contributed by atoms with Crippen LogP contribution in [0.25, 0.3) is 0 Å². The lowest BCUT2D eigenvalue weighted by molar-refractivity contribution is -0.126. The second-order valence-corrected chi connectivity index (χ2v) is 8.86. The van der Waals surface area contributed by atoms with E-state index in [0.29, 0.717) is 31.4 Å². The number of hydrogen-bond acceptors (Lipinski definition) is 5. The Bertz CT molecular complexity index is 950. The molecule has 1 aliphatic carbocycles. The quantitative estimate of drug-likeness (QED) is 0.742. The Labute approximate surface area is 188 Å². The van der Waals surface area contributed by atoms with Crippen molar-refractivity contribution in [2.45, 2.75) is 51.2 Å². The summed E-state index contributed by atoms with van der Waals surface area (Å²) in [7, 11) is 0. The van der Waals surface area contributed by atoms with E-state index in [1.807, 2.05) is 37.3 Å². The summed E-state index contributed by atoms with van der Waals surface area (Å²) >= 11 is 6.45. The van der Waals surface area contributed by atoms with Crippen LogP contribution in [0.3, 0.4) is 0 Å². The van der Waals surface area contributed by atoms with E-state index in [1.165, 1.54) is 17.5 Å². The Morgan fingerprint density at radius 1 is 1.16 bits per heavy atom. The second kappa shape index (κ2) is 9.83. The summed E-state index contributed by atoms with van der Waals surface area (Å²) in [6.07, 6.45) is 6.27. The average Bonchev–Trinajstić information content (AvgIpc) is 3.30. The highest BCUT2D eigenvalue weighted by Gasteiger charge is 2.28. The summed E-state index contributed by atoms with van der Waals surface area (Å²) in [6.45, 7) is 5.24. The number of benzene rings is 1. The molecule has 8 heteroatoms. The first-order valence-electron chi connectivity index (χ1n) is 11.1. The normalized spacial score (nSPS) is 18.8. The van der Waals surface area contributed by atoms with Crippen molar-refractivity contribution in [1.29, 1.82) is 0 Å². The van der Waals surface area contributed by atoms with Crippen molar-refractivity contribution >= 4 is 23.2 Å². The largest absolute Gasteiger partial charge is 0.366 e. The standard InChI is InChI=1S/C23H30ClN5O2/c1-17(22(30)26-19-9-5-6-10-19)27-11-13-28(14-12-27)20-15-25-29(23(31)21(20)24)16-18-7-3-2-4-8-18/h2-4,7-8,15,17,19H,5-6,9-14,16H2,1H3,(H,26,30). The number of halogens is 1. The number of aromatic nitrogens is 2. The van der Waals surface area contributed by atoms with E-state index in [4.69, 9.17) is 11.6 Å². The van der Waals surface area contributed by atoms with Crippen molar-refractivity contribution in [1.82, 2.24) is 20.0 Å². The molecule has 2 heterocycles. The summed E-state index contributed by atoms with van der Waals surface area (Å²) in [5.74, 6) is 0.114. The first kappa shape index (κ1) is 21.8. The monoisotopic (exact) mass is 443 g/mol. The molecule has 0 spiro atoms. The lowest BCUT2D eigenvalue weighted by Gasteiger charge is -2.38. The van der Waals surface area contributed by atoms with Crippen molar-refractivity contribution in [3.05, 3.63) is 57.5 Å². The van der Waals surface area contributed by atoms with Gasteiger partial charge in [0.05, 0.1) is 24.5 Å². The number of rotatable bonds is 6. The second-order valence-electron chi connectivity index (χ2n) is 8.48. The molecule has 1 aliphatic heterocycles. The van der Waals surface area contributed by atoms with Crippen molar-refractivity contribution in [2.24, 2.45) is 0 Å². The Balaban J connectivity index is 1.36. The smallest absolute Gasteiger partial charge is 0.287 e. The SMILES string of the molecule is CC(C(=O)NC1CCCC1)N1CCN(c2cnn(Cc3ccccc3)c(=O)c2Cl)CC1. The molecule has 1 saturated carbocycles. The van der Waals surface area contributed by atoms with Gasteiger partial charge in [0.2, 0.25) is 5.91 Å². The maximum absolute atomic E-state index is 12.7. The molecule has 2 aliphatic rings. The fraction of sp³-hybridized carbons (Fsp3) is 0.522. The molecule has 1 atom stereocenters. The molecule has 2 aromatic rings. The van der Waals surface area contributed by atoms with Gasteiger partial charge in [-0.3, -0.25) is 14.5 Å². The minimum absolute atomic E-state index is 0.114. The molecule has 166 valence electrons. The Kier molecular flexibility index (Phi) is 6.92. The summed E-state index contributed by atoms with van der Waals surface area (Å²) < 4.78 is 1.40. The van der Waals surface area contributed by atoms with E-state index in [9.17, 15) is 9.59 Å². The zero-order valence-electron chi connectivity index (χ0n) is 18.0. The predicted octanol–water partition coefficient (Wildman–Crippen LogP) is 2.51. The van der Waals surface area contributed by atoms with Gasteiger partial charge in [0.1, 0.15) is 5.02 Å². The van der Waals surface area contributed by atoms with E-state index in [2.05, 4.69) is 20.2 Å². The van der Waals surface area contributed by atoms with Crippen molar-refractivity contribution in [3.63, 3.8) is 0 Å². The number of amides is 1. The maximum Gasteiger partial charge on any atom is 0.287 e. The number of nitrogens with zero attached hydrogens (tertiary/aromatic N) is 4. The first-order chi connectivity index (χ1) is 15.0. The molecule has 1 amide bonds. The highest BCUT2D eigenvalue weighted by atomic mass is 35.5. The van der Waals surface area contributed by atoms with Gasteiger partial charge in [0.15, 0.2) is 0 Å². The van der Waals surface area contributed by atoms with Gasteiger partial charge in [0, 0.05) is 32.2 Å². The zero-order valence-corrected chi connectivity index (χ0v) is 18.7. The van der Waals surface area contributed by atoms with Crippen molar-refractivity contribution < 1.29 is 4.79 Å². The molecule has 1 unspecified atom stereocenters. The number of carbonyl (C=O) groups excluding carboxylic acids is 1. The van der Waals surface area contributed by atoms with Crippen LogP contribution in [-0.4, -0.2) is 58.9 Å². The van der Waals surface area contributed by atoms with Crippen LogP contribution in [0.15, 0.2) is 41.3 Å². The molecular weight excluding hydrogens is 414 g/mol. The lowest BCUT2D eigenvalue weighted by atomic mass is 10.2. The summed E-state index contributed by atoms with van der Waals surface area (Å²) in [4.78, 5) is 29.6. The van der Waals surface area contributed by atoms with E-state index in [-0.39, 0.29) is 22.5 Å². The molecule has 1 aromatic carbocycles. The Hall–Kier alpha value is -2.38. The molecule has 31 heavy (non-hydrogen) atoms. The van der Waals surface area contributed by atoms with Crippen LogP contribution >= 0.6 is 11.6 Å². The van der Waals surface area contributed by atoms with Gasteiger partial charge in [0.25, 0.3) is 5.56 Å². The molecule has 2 fully saturated rings. The lowest BCUT2D eigenvalue weighted by Crippen LogP contribution is -2.55. The Morgan fingerprint density at radius 3 is 2.52 bits per heavy atom. The van der Waals surface area contributed by atoms with Gasteiger partial charge in [-0.05, 0) is 25.3 Å². The van der Waals surface area contributed by atoms with E-state index in [1.54, 1.807) is 6.20 Å². The molecule has 4 rings (SSSR count). The molecule has 1 aromatic heterocycles. The highest BCUT2D eigenvalue weighted by molar-refractivity contribution is 6.33. The minimum atomic E-state index is -0.283. The minimum Gasteiger partial charge on any atom is -0.366 e. The maximum atomic E-state index is 12.7. The summed E-state index contributed by atoms with van der Waals surface area (Å²) in [5.41, 5.74) is 1.38. The molecule has 1 N–H and O–H groups in total. The van der Waals surface area contributed by atoms with Crippen molar-refractivity contribution in [2.75, 3.05) is 31.1 Å². The van der Waals surface area contributed by atoms with Crippen LogP contribution in [0.1, 0.15) is 38.2 Å². The summed E-state index contributed by atoms with van der Waals surface area (Å²) in [5, 5.41) is 7.74. The van der Waals surface area contributed by atoms with Crippen LogP contribution in [0, 0.1) is 0 Å². The Morgan fingerprint density at radius 2 is 1.84 bits per heavy atom. The number of anilines is 1. The van der Waals surface area contributed by atoms with Gasteiger partial charge in [-0.2, -0.15) is 5.10 Å². The third kappa shape index (κ3) is 5.10. The van der Waals surface area contributed by atoms with Crippen LogP contribution in [0.2, 0.25) is 5.02 Å². The van der Waals surface area contributed by atoms with Crippen LogP contribution in [0.5, 0.6) is 0 Å². The fourth-order valence-corrected chi connectivity index (χ4v) is 4.72. The van der Waals surface area contributed by atoms with Crippen molar-refractivity contribution in [3.8, 4) is 0 Å². The van der Waals surface area contributed by atoms with Gasteiger partial charge in [-0.1, -0.05) is 54.8 Å². The fourth-order valence-electron chi connectivity index (χ4n) is 4.45. The molecule has 0 bridgehead atoms. The van der Waals surface area contributed by atoms with Gasteiger partial charge in [-0.25, -0.2) is 4.68 Å². The van der Waals surface area contributed by atoms with Crippen LogP contribution in [0.4, 0.5) is 5.69 Å². The van der Waals surface area contributed by atoms with E-state index >= 15 is 0 Å². The highest BCUT2D eigenvalue weighted by Crippen LogP contribution is 2.23. The molecule has 0 radical (unpaired) electrons. The number of piperazine rings is 1. The van der Waals surface area contributed by atoms with E-state index in [0.717, 1.165) is 31.5 Å². The number of carbonyl (C=O) groups is 1. The molecule has 7 nitrogen and oxygen atoms in total. The summed E-state index contributed by atoms with van der Waals surface area (Å²) in [6, 6.07) is 9.90. The van der Waals surface area contributed by atoms with Gasteiger partial charge >= 0.3 is 0 Å². The third-order valence-electron chi connectivity index (χ3n) is 6.43. The van der Waals surface area contributed by atoms with Gasteiger partial charge < -0.3 is 10.2 Å². The molecular formula is C23H30ClN5O2. The number of nitrogens with one attached hydrogen (secondary N) is 1. The van der Waals surface area contributed by atoms with Crippen LogP contribution in [-0.2, 0) is 11.3 Å². The zero-order chi connectivity index (χ0) is 21.8. The first-order valence-corrected chi connectivity index (χ1v) is 11.5. The molecule has 1 saturated heterocycles. The third-order valence-corrected chi connectivity index (χ3v) is 6.78. The van der Waals surface area contributed by atoms with Crippen LogP contribution < -0.4 is 15.8 Å².